The molecule has 1 heterocycles. The van der Waals surface area contributed by atoms with Crippen molar-refractivity contribution < 1.29 is 9.15 Å². The minimum Gasteiger partial charge on any atom is -0.409 e. The lowest BCUT2D eigenvalue weighted by Gasteiger charge is -2.02. The van der Waals surface area contributed by atoms with Gasteiger partial charge in [-0.3, -0.25) is 0 Å². The standard InChI is InChI=1S/C13H10N2O2/c14-9-5-1-3-7-11(9)16-13-15-10-6-2-4-8-12(10)17-13/h1-8H,14H2. The van der Waals surface area contributed by atoms with Crippen LogP contribution in [0, 0.1) is 0 Å². The number of ether oxygens (including phenoxy) is 1. The van der Waals surface area contributed by atoms with Crippen molar-refractivity contribution in [3.05, 3.63) is 48.5 Å². The average Bonchev–Trinajstić information content (AvgIpc) is 2.74. The molecule has 0 bridgehead atoms. The van der Waals surface area contributed by atoms with Crippen LogP contribution in [0.1, 0.15) is 0 Å². The Hall–Kier alpha value is -2.49. The van der Waals surface area contributed by atoms with E-state index in [0.717, 1.165) is 5.52 Å². The number of rotatable bonds is 2. The molecule has 2 N–H and O–H groups in total. The summed E-state index contributed by atoms with van der Waals surface area (Å²) >= 11 is 0. The Balaban J connectivity index is 1.98. The van der Waals surface area contributed by atoms with Gasteiger partial charge in [0.2, 0.25) is 0 Å². The molecule has 1 aromatic heterocycles. The molecule has 0 saturated heterocycles. The van der Waals surface area contributed by atoms with E-state index in [0.29, 0.717) is 17.0 Å². The van der Waals surface area contributed by atoms with Crippen LogP contribution in [-0.2, 0) is 0 Å². The van der Waals surface area contributed by atoms with Crippen LogP contribution in [-0.4, -0.2) is 4.98 Å². The summed E-state index contributed by atoms with van der Waals surface area (Å²) in [6, 6.07) is 14.7. The van der Waals surface area contributed by atoms with Gasteiger partial charge >= 0.3 is 6.08 Å². The molecule has 0 spiro atoms. The first-order valence-corrected chi connectivity index (χ1v) is 5.21. The van der Waals surface area contributed by atoms with Crippen LogP contribution < -0.4 is 10.5 Å². The minimum atomic E-state index is 0.198. The molecule has 0 aliphatic rings. The van der Waals surface area contributed by atoms with Gasteiger partial charge in [0.05, 0.1) is 5.69 Å². The van der Waals surface area contributed by atoms with Crippen LogP contribution in [0.5, 0.6) is 11.8 Å². The number of oxazole rings is 1. The molecule has 3 aromatic rings. The van der Waals surface area contributed by atoms with Crippen LogP contribution in [0.4, 0.5) is 5.69 Å². The third kappa shape index (κ3) is 1.80. The maximum atomic E-state index is 5.77. The van der Waals surface area contributed by atoms with E-state index in [1.54, 1.807) is 12.1 Å². The highest BCUT2D eigenvalue weighted by Crippen LogP contribution is 2.28. The molecule has 4 nitrogen and oxygen atoms in total. The Morgan fingerprint density at radius 3 is 2.59 bits per heavy atom. The first-order chi connectivity index (χ1) is 8.33. The summed E-state index contributed by atoms with van der Waals surface area (Å²) < 4.78 is 10.9. The number of benzene rings is 2. The molecule has 2 aromatic carbocycles. The van der Waals surface area contributed by atoms with Gasteiger partial charge in [0.1, 0.15) is 5.52 Å². The van der Waals surface area contributed by atoms with Gasteiger partial charge in [-0.05, 0) is 24.3 Å². The molecule has 0 fully saturated rings. The van der Waals surface area contributed by atoms with Crippen molar-refractivity contribution >= 4 is 16.8 Å². The van der Waals surface area contributed by atoms with Gasteiger partial charge in [-0.2, -0.15) is 4.98 Å². The fourth-order valence-corrected chi connectivity index (χ4v) is 1.56. The summed E-state index contributed by atoms with van der Waals surface area (Å²) in [5.74, 6) is 0.541. The predicted molar refractivity (Wildman–Crippen MR) is 64.9 cm³/mol. The van der Waals surface area contributed by atoms with Crippen molar-refractivity contribution in [2.24, 2.45) is 0 Å². The van der Waals surface area contributed by atoms with Gasteiger partial charge < -0.3 is 14.9 Å². The fraction of sp³-hybridized carbons (Fsp3) is 0. The second-order valence-corrected chi connectivity index (χ2v) is 3.59. The van der Waals surface area contributed by atoms with Crippen LogP contribution in [0.15, 0.2) is 52.9 Å². The number of hydrogen-bond donors (Lipinski definition) is 1. The van der Waals surface area contributed by atoms with E-state index in [-0.39, 0.29) is 6.08 Å². The molecule has 0 aliphatic heterocycles. The summed E-state index contributed by atoms with van der Waals surface area (Å²) in [4.78, 5) is 4.20. The van der Waals surface area contributed by atoms with Crippen molar-refractivity contribution in [2.75, 3.05) is 5.73 Å². The van der Waals surface area contributed by atoms with Gasteiger partial charge in [-0.15, -0.1) is 0 Å². The maximum Gasteiger partial charge on any atom is 0.400 e. The van der Waals surface area contributed by atoms with E-state index in [4.69, 9.17) is 14.9 Å². The first-order valence-electron chi connectivity index (χ1n) is 5.21. The van der Waals surface area contributed by atoms with E-state index in [2.05, 4.69) is 4.98 Å². The average molecular weight is 226 g/mol. The third-order valence-corrected chi connectivity index (χ3v) is 2.39. The second-order valence-electron chi connectivity index (χ2n) is 3.59. The number of fused-ring (bicyclic) bond motifs is 1. The van der Waals surface area contributed by atoms with E-state index in [9.17, 15) is 0 Å². The zero-order valence-electron chi connectivity index (χ0n) is 8.96. The lowest BCUT2D eigenvalue weighted by Crippen LogP contribution is -1.91. The fourth-order valence-electron chi connectivity index (χ4n) is 1.56. The molecule has 17 heavy (non-hydrogen) atoms. The quantitative estimate of drug-likeness (QED) is 0.681. The monoisotopic (exact) mass is 226 g/mol. The number of aromatic nitrogens is 1. The minimum absolute atomic E-state index is 0.198. The number of hydrogen-bond acceptors (Lipinski definition) is 4. The maximum absolute atomic E-state index is 5.77. The largest absolute Gasteiger partial charge is 0.409 e. The summed E-state index contributed by atoms with van der Waals surface area (Å²) in [6.45, 7) is 0. The second kappa shape index (κ2) is 3.83. The molecule has 4 heteroatoms. The summed E-state index contributed by atoms with van der Waals surface area (Å²) in [5.41, 5.74) is 7.77. The van der Waals surface area contributed by atoms with Crippen molar-refractivity contribution in [1.82, 2.24) is 4.98 Å². The highest BCUT2D eigenvalue weighted by Gasteiger charge is 2.08. The molecule has 0 saturated carbocycles. The summed E-state index contributed by atoms with van der Waals surface area (Å²) in [7, 11) is 0. The Bertz CT molecular complexity index is 628. The van der Waals surface area contributed by atoms with E-state index in [1.807, 2.05) is 36.4 Å². The third-order valence-electron chi connectivity index (χ3n) is 2.39. The number of nitrogens with zero attached hydrogens (tertiary/aromatic N) is 1. The SMILES string of the molecule is Nc1ccccc1Oc1nc2ccccc2o1. The summed E-state index contributed by atoms with van der Waals surface area (Å²) in [5, 5.41) is 0. The van der Waals surface area contributed by atoms with Crippen molar-refractivity contribution in [3.8, 4) is 11.8 Å². The normalized spacial score (nSPS) is 10.6. The van der Waals surface area contributed by atoms with Gasteiger partial charge in [0.25, 0.3) is 0 Å². The molecular weight excluding hydrogens is 216 g/mol. The Morgan fingerprint density at radius 1 is 1.00 bits per heavy atom. The number of nitrogen functional groups attached to an aromatic ring is 1. The molecular formula is C13H10N2O2. The van der Waals surface area contributed by atoms with Crippen LogP contribution in [0.3, 0.4) is 0 Å². The zero-order chi connectivity index (χ0) is 11.7. The Kier molecular flexibility index (Phi) is 2.19. The smallest absolute Gasteiger partial charge is 0.400 e. The molecule has 84 valence electrons. The molecule has 0 aliphatic carbocycles. The van der Waals surface area contributed by atoms with Gasteiger partial charge in [-0.25, -0.2) is 0 Å². The summed E-state index contributed by atoms with van der Waals surface area (Å²) in [6.07, 6.45) is 0.198. The van der Waals surface area contributed by atoms with Gasteiger partial charge in [0.15, 0.2) is 11.3 Å². The van der Waals surface area contributed by atoms with Crippen molar-refractivity contribution in [1.29, 1.82) is 0 Å². The van der Waals surface area contributed by atoms with Gasteiger partial charge in [0, 0.05) is 0 Å². The van der Waals surface area contributed by atoms with Crippen LogP contribution in [0.25, 0.3) is 11.1 Å². The topological polar surface area (TPSA) is 61.3 Å². The highest BCUT2D eigenvalue weighted by atomic mass is 16.6. The predicted octanol–water partition coefficient (Wildman–Crippen LogP) is 3.20. The van der Waals surface area contributed by atoms with Crippen molar-refractivity contribution in [2.45, 2.75) is 0 Å². The highest BCUT2D eigenvalue weighted by molar-refractivity contribution is 5.72. The van der Waals surface area contributed by atoms with Crippen LogP contribution in [0.2, 0.25) is 0 Å². The number of anilines is 1. The van der Waals surface area contributed by atoms with Crippen LogP contribution >= 0.6 is 0 Å². The Morgan fingerprint density at radius 2 is 1.76 bits per heavy atom. The lowest BCUT2D eigenvalue weighted by molar-refractivity contribution is 0.344. The molecule has 0 amide bonds. The Labute approximate surface area is 97.6 Å². The van der Waals surface area contributed by atoms with E-state index < -0.39 is 0 Å². The molecule has 3 rings (SSSR count). The number of para-hydroxylation sites is 4. The van der Waals surface area contributed by atoms with E-state index in [1.165, 1.54) is 0 Å². The van der Waals surface area contributed by atoms with Gasteiger partial charge in [-0.1, -0.05) is 24.3 Å². The zero-order valence-corrected chi connectivity index (χ0v) is 8.96. The number of nitrogens with two attached hydrogens (primary N) is 1. The van der Waals surface area contributed by atoms with Crippen molar-refractivity contribution in [3.63, 3.8) is 0 Å². The molecule has 0 atom stereocenters. The lowest BCUT2D eigenvalue weighted by atomic mass is 10.3. The first kappa shape index (κ1) is 9.72. The van der Waals surface area contributed by atoms with E-state index >= 15 is 0 Å². The molecule has 0 radical (unpaired) electrons. The molecule has 0 unspecified atom stereocenters.